The van der Waals surface area contributed by atoms with E-state index in [1.807, 2.05) is 30.3 Å². The van der Waals surface area contributed by atoms with Gasteiger partial charge in [0, 0.05) is 32.1 Å². The van der Waals surface area contributed by atoms with Gasteiger partial charge in [0.05, 0.1) is 12.2 Å². The molecule has 7 nitrogen and oxygen atoms in total. The van der Waals surface area contributed by atoms with Crippen molar-refractivity contribution in [1.29, 1.82) is 0 Å². The highest BCUT2D eigenvalue weighted by atomic mass is 19.1. The first kappa shape index (κ1) is 23.0. The quantitative estimate of drug-likeness (QED) is 0.410. The van der Waals surface area contributed by atoms with E-state index in [1.54, 1.807) is 32.3 Å². The maximum Gasteiger partial charge on any atom is 0.231 e. The fourth-order valence-electron chi connectivity index (χ4n) is 3.25. The van der Waals surface area contributed by atoms with Gasteiger partial charge in [-0.2, -0.15) is 0 Å². The molecule has 0 aliphatic heterocycles. The Balaban J connectivity index is 1.55. The summed E-state index contributed by atoms with van der Waals surface area (Å²) < 4.78 is 19.3. The van der Waals surface area contributed by atoms with Crippen LogP contribution in [-0.2, 0) is 11.2 Å². The number of carbonyl (C=O) groups is 1. The Morgan fingerprint density at radius 3 is 2.62 bits per heavy atom. The maximum atomic E-state index is 14.0. The zero-order chi connectivity index (χ0) is 23.1. The van der Waals surface area contributed by atoms with Crippen LogP contribution in [0.2, 0.25) is 0 Å². The fourth-order valence-corrected chi connectivity index (χ4v) is 3.25. The number of carbonyl (C=O) groups excluding carboxylic acids is 1. The molecular formula is C24H28FN5O2. The summed E-state index contributed by atoms with van der Waals surface area (Å²) in [4.78, 5) is 17.2. The van der Waals surface area contributed by atoms with Gasteiger partial charge in [-0.3, -0.25) is 15.1 Å². The average Bonchev–Trinajstić information content (AvgIpc) is 3.20. The monoisotopic (exact) mass is 437 g/mol. The number of nitrogens with one attached hydrogen (secondary N) is 1. The molecule has 32 heavy (non-hydrogen) atoms. The summed E-state index contributed by atoms with van der Waals surface area (Å²) >= 11 is 0. The number of hydrogen-bond donors (Lipinski definition) is 2. The van der Waals surface area contributed by atoms with Crippen molar-refractivity contribution in [1.82, 2.24) is 10.1 Å². The lowest BCUT2D eigenvalue weighted by Gasteiger charge is -2.11. The van der Waals surface area contributed by atoms with E-state index in [4.69, 9.17) is 10.3 Å². The minimum absolute atomic E-state index is 0.0144. The van der Waals surface area contributed by atoms with Gasteiger partial charge >= 0.3 is 0 Å². The van der Waals surface area contributed by atoms with Crippen molar-refractivity contribution in [2.75, 3.05) is 26.0 Å². The lowest BCUT2D eigenvalue weighted by atomic mass is 9.94. The molecule has 3 rings (SSSR count). The van der Waals surface area contributed by atoms with E-state index in [1.165, 1.54) is 11.0 Å². The van der Waals surface area contributed by atoms with E-state index < -0.39 is 0 Å². The highest BCUT2D eigenvalue weighted by molar-refractivity contribution is 5.91. The zero-order valence-electron chi connectivity index (χ0n) is 18.5. The van der Waals surface area contributed by atoms with Crippen LogP contribution in [0.3, 0.4) is 0 Å². The van der Waals surface area contributed by atoms with Crippen LogP contribution in [0.4, 0.5) is 10.3 Å². The Bertz CT molecular complexity index is 1080. The zero-order valence-corrected chi connectivity index (χ0v) is 18.5. The minimum Gasteiger partial charge on any atom is -0.370 e. The number of benzene rings is 2. The number of aromatic nitrogens is 1. The number of nitrogens with zero attached hydrogens (tertiary/aromatic N) is 3. The number of halogens is 1. The summed E-state index contributed by atoms with van der Waals surface area (Å²) in [5.41, 5.74) is 9.16. The summed E-state index contributed by atoms with van der Waals surface area (Å²) in [5.74, 6) is 0.492. The van der Waals surface area contributed by atoms with Gasteiger partial charge in [-0.25, -0.2) is 4.39 Å². The molecule has 0 fully saturated rings. The van der Waals surface area contributed by atoms with Gasteiger partial charge < -0.3 is 15.2 Å². The summed E-state index contributed by atoms with van der Waals surface area (Å²) in [6.45, 7) is 2.38. The first-order valence-corrected chi connectivity index (χ1v) is 10.4. The third-order valence-corrected chi connectivity index (χ3v) is 5.10. The fraction of sp³-hybridized carbons (Fsp3) is 0.292. The first-order chi connectivity index (χ1) is 15.3. The number of guanidine groups is 1. The van der Waals surface area contributed by atoms with E-state index >= 15 is 0 Å². The van der Waals surface area contributed by atoms with Crippen LogP contribution >= 0.6 is 0 Å². The predicted molar refractivity (Wildman–Crippen MR) is 124 cm³/mol. The maximum absolute atomic E-state index is 14.0. The summed E-state index contributed by atoms with van der Waals surface area (Å²) in [6.07, 6.45) is 0.947. The van der Waals surface area contributed by atoms with E-state index in [0.717, 1.165) is 16.8 Å². The molecule has 0 radical (unpaired) electrons. The van der Waals surface area contributed by atoms with Gasteiger partial charge in [-0.15, -0.1) is 0 Å². The molecule has 0 bridgehead atoms. The second-order valence-corrected chi connectivity index (χ2v) is 7.82. The summed E-state index contributed by atoms with van der Waals surface area (Å²) in [5, 5.41) is 6.93. The number of aliphatic imine (C=N–C) groups is 1. The number of amides is 1. The van der Waals surface area contributed by atoms with Gasteiger partial charge in [0.2, 0.25) is 11.8 Å². The predicted octanol–water partition coefficient (Wildman–Crippen LogP) is 4.03. The molecule has 2 aromatic carbocycles. The van der Waals surface area contributed by atoms with Crippen LogP contribution in [0.15, 0.2) is 64.1 Å². The van der Waals surface area contributed by atoms with Crippen LogP contribution in [-0.4, -0.2) is 42.6 Å². The van der Waals surface area contributed by atoms with Gasteiger partial charge in [-0.1, -0.05) is 54.5 Å². The highest BCUT2D eigenvalue weighted by Gasteiger charge is 2.12. The van der Waals surface area contributed by atoms with Gasteiger partial charge in [-0.05, 0) is 29.5 Å². The molecule has 0 aliphatic carbocycles. The Kier molecular flexibility index (Phi) is 7.59. The molecule has 1 amide bonds. The molecule has 1 atom stereocenters. The van der Waals surface area contributed by atoms with Crippen molar-refractivity contribution in [2.24, 2.45) is 10.7 Å². The molecule has 168 valence electrons. The van der Waals surface area contributed by atoms with Crippen LogP contribution in [0.1, 0.15) is 30.5 Å². The Hall–Kier alpha value is -3.68. The van der Waals surface area contributed by atoms with Gasteiger partial charge in [0.25, 0.3) is 0 Å². The van der Waals surface area contributed by atoms with Crippen molar-refractivity contribution >= 4 is 17.8 Å². The molecule has 0 aliphatic rings. The molecule has 0 saturated carbocycles. The lowest BCUT2D eigenvalue weighted by Crippen LogP contribution is -2.25. The van der Waals surface area contributed by atoms with E-state index in [9.17, 15) is 9.18 Å². The van der Waals surface area contributed by atoms with Crippen molar-refractivity contribution in [2.45, 2.75) is 25.7 Å². The molecule has 3 N–H and O–H groups in total. The molecule has 1 aromatic heterocycles. The Morgan fingerprint density at radius 1 is 1.22 bits per heavy atom. The van der Waals surface area contributed by atoms with E-state index in [-0.39, 0.29) is 36.6 Å². The van der Waals surface area contributed by atoms with Crippen molar-refractivity contribution in [3.8, 4) is 11.1 Å². The molecule has 0 saturated heterocycles. The molecule has 3 aromatic rings. The SMILES string of the molecule is CC(Cc1cc(NC(N)=NCCC(=O)N(C)C)on1)c1ccc(-c2ccccc2F)cc1. The lowest BCUT2D eigenvalue weighted by molar-refractivity contribution is -0.128. The van der Waals surface area contributed by atoms with Crippen LogP contribution in [0, 0.1) is 5.82 Å². The largest absolute Gasteiger partial charge is 0.370 e. The smallest absolute Gasteiger partial charge is 0.231 e. The van der Waals surface area contributed by atoms with Gasteiger partial charge in [0.1, 0.15) is 5.82 Å². The molecule has 1 heterocycles. The Morgan fingerprint density at radius 2 is 1.94 bits per heavy atom. The second kappa shape index (κ2) is 10.6. The molecule has 1 unspecified atom stereocenters. The second-order valence-electron chi connectivity index (χ2n) is 7.82. The number of hydrogen-bond acceptors (Lipinski definition) is 4. The minimum atomic E-state index is -0.233. The van der Waals surface area contributed by atoms with E-state index in [2.05, 4.69) is 22.4 Å². The van der Waals surface area contributed by atoms with Crippen LogP contribution in [0.5, 0.6) is 0 Å². The number of rotatable bonds is 8. The van der Waals surface area contributed by atoms with Crippen molar-refractivity contribution in [3.05, 3.63) is 71.7 Å². The normalized spacial score (nSPS) is 12.4. The molecule has 8 heteroatoms. The number of nitrogens with two attached hydrogens (primary N) is 1. The standard InChI is InChI=1S/C24H28FN5O2/c1-16(17-8-10-18(11-9-17)20-6-4-5-7-21(20)25)14-19-15-22(32-29-19)28-24(26)27-13-12-23(31)30(2)3/h4-11,15-16H,12-14H2,1-3H3,(H3,26,27,28). The topological polar surface area (TPSA) is 96.7 Å². The Labute approximate surface area is 187 Å². The summed E-state index contributed by atoms with van der Waals surface area (Å²) in [7, 11) is 3.39. The summed E-state index contributed by atoms with van der Waals surface area (Å²) in [6, 6.07) is 16.4. The van der Waals surface area contributed by atoms with E-state index in [0.29, 0.717) is 17.9 Å². The third-order valence-electron chi connectivity index (χ3n) is 5.10. The van der Waals surface area contributed by atoms with Crippen LogP contribution in [0.25, 0.3) is 11.1 Å². The highest BCUT2D eigenvalue weighted by Crippen LogP contribution is 2.26. The van der Waals surface area contributed by atoms with Crippen LogP contribution < -0.4 is 11.1 Å². The third kappa shape index (κ3) is 6.16. The van der Waals surface area contributed by atoms with Gasteiger partial charge in [0.15, 0.2) is 5.96 Å². The molecule has 0 spiro atoms. The molecular weight excluding hydrogens is 409 g/mol. The van der Waals surface area contributed by atoms with Crippen molar-refractivity contribution in [3.63, 3.8) is 0 Å². The first-order valence-electron chi connectivity index (χ1n) is 10.4. The number of anilines is 1. The van der Waals surface area contributed by atoms with Crippen molar-refractivity contribution < 1.29 is 13.7 Å². The average molecular weight is 438 g/mol.